The van der Waals surface area contributed by atoms with E-state index in [4.69, 9.17) is 4.42 Å². The minimum absolute atomic E-state index is 0.213. The van der Waals surface area contributed by atoms with Gasteiger partial charge in [0.05, 0.1) is 18.8 Å². The molecule has 0 atom stereocenters. The molecule has 0 unspecified atom stereocenters. The lowest BCUT2D eigenvalue weighted by molar-refractivity contribution is -0.402. The number of hydrogen-bond acceptors (Lipinski definition) is 6. The lowest BCUT2D eigenvalue weighted by Gasteiger charge is -2.20. The largest absolute Gasteiger partial charge is 0.433 e. The van der Waals surface area contributed by atoms with E-state index >= 15 is 0 Å². The number of carbonyl (C=O) groups is 1. The second kappa shape index (κ2) is 10.5. The Bertz CT molecular complexity index is 519. The van der Waals surface area contributed by atoms with Crippen molar-refractivity contribution in [1.82, 2.24) is 10.3 Å². The first-order valence-corrected chi connectivity index (χ1v) is 7.85. The van der Waals surface area contributed by atoms with Gasteiger partial charge in [-0.25, -0.2) is 5.43 Å². The van der Waals surface area contributed by atoms with E-state index in [1.54, 1.807) is 0 Å². The average Bonchev–Trinajstić information content (AvgIpc) is 2.99. The average molecular weight is 324 g/mol. The molecule has 128 valence electrons. The van der Waals surface area contributed by atoms with Crippen molar-refractivity contribution in [2.75, 3.05) is 19.6 Å². The third kappa shape index (κ3) is 7.55. The van der Waals surface area contributed by atoms with E-state index < -0.39 is 4.92 Å². The lowest BCUT2D eigenvalue weighted by Crippen LogP contribution is -2.36. The number of hydrazone groups is 1. The Labute approximate surface area is 135 Å². The van der Waals surface area contributed by atoms with Crippen LogP contribution in [0.3, 0.4) is 0 Å². The van der Waals surface area contributed by atoms with Crippen LogP contribution in [0.15, 0.2) is 21.7 Å². The Morgan fingerprint density at radius 3 is 2.52 bits per heavy atom. The number of nitrogens with one attached hydrogen (secondary N) is 1. The number of nitro groups is 1. The number of amides is 1. The van der Waals surface area contributed by atoms with E-state index in [-0.39, 0.29) is 24.1 Å². The minimum atomic E-state index is -0.630. The summed E-state index contributed by atoms with van der Waals surface area (Å²) in [4.78, 5) is 23.8. The first kappa shape index (κ1) is 18.8. The van der Waals surface area contributed by atoms with Crippen molar-refractivity contribution < 1.29 is 14.1 Å². The van der Waals surface area contributed by atoms with Gasteiger partial charge in [0.2, 0.25) is 0 Å². The van der Waals surface area contributed by atoms with Crippen molar-refractivity contribution in [2.24, 2.45) is 5.10 Å². The minimum Gasteiger partial charge on any atom is -0.400 e. The molecule has 0 spiro atoms. The molecule has 1 rings (SSSR count). The zero-order valence-electron chi connectivity index (χ0n) is 13.7. The number of rotatable bonds is 11. The third-order valence-electron chi connectivity index (χ3n) is 3.20. The van der Waals surface area contributed by atoms with Gasteiger partial charge in [-0.3, -0.25) is 19.8 Å². The molecule has 0 aromatic carbocycles. The normalized spacial score (nSPS) is 11.3. The van der Waals surface area contributed by atoms with Gasteiger partial charge in [0, 0.05) is 0 Å². The monoisotopic (exact) mass is 324 g/mol. The molecular formula is C15H24N4O4. The van der Waals surface area contributed by atoms with E-state index in [1.807, 2.05) is 0 Å². The molecule has 0 aliphatic rings. The predicted molar refractivity (Wildman–Crippen MR) is 87.4 cm³/mol. The smallest absolute Gasteiger partial charge is 0.400 e. The fourth-order valence-corrected chi connectivity index (χ4v) is 1.95. The number of furan rings is 1. The quantitative estimate of drug-likeness (QED) is 0.383. The van der Waals surface area contributed by atoms with Crippen molar-refractivity contribution >= 4 is 18.0 Å². The van der Waals surface area contributed by atoms with Gasteiger partial charge in [-0.2, -0.15) is 5.10 Å². The maximum absolute atomic E-state index is 11.9. The molecule has 0 radical (unpaired) electrons. The van der Waals surface area contributed by atoms with Gasteiger partial charge in [0.1, 0.15) is 4.92 Å². The van der Waals surface area contributed by atoms with Gasteiger partial charge in [-0.15, -0.1) is 0 Å². The van der Waals surface area contributed by atoms with Crippen LogP contribution in [0.2, 0.25) is 0 Å². The van der Waals surface area contributed by atoms with Crippen LogP contribution >= 0.6 is 0 Å². The molecule has 0 aliphatic heterocycles. The summed E-state index contributed by atoms with van der Waals surface area (Å²) < 4.78 is 4.90. The van der Waals surface area contributed by atoms with Gasteiger partial charge in [0.25, 0.3) is 5.91 Å². The molecule has 1 amide bonds. The van der Waals surface area contributed by atoms with Gasteiger partial charge in [-0.1, -0.05) is 26.7 Å². The van der Waals surface area contributed by atoms with Gasteiger partial charge in [-0.05, 0) is 32.0 Å². The molecule has 0 fully saturated rings. The van der Waals surface area contributed by atoms with Crippen LogP contribution in [0.25, 0.3) is 0 Å². The molecule has 1 heterocycles. The summed E-state index contributed by atoms with van der Waals surface area (Å²) in [5.74, 6) is -0.358. The van der Waals surface area contributed by atoms with Crippen molar-refractivity contribution in [3.63, 3.8) is 0 Å². The van der Waals surface area contributed by atoms with Gasteiger partial charge in [0.15, 0.2) is 5.76 Å². The van der Waals surface area contributed by atoms with Crippen LogP contribution in [-0.2, 0) is 4.79 Å². The third-order valence-corrected chi connectivity index (χ3v) is 3.20. The maximum Gasteiger partial charge on any atom is 0.433 e. The van der Waals surface area contributed by atoms with Crippen LogP contribution in [0.1, 0.15) is 45.3 Å². The highest BCUT2D eigenvalue weighted by atomic mass is 16.6. The Morgan fingerprint density at radius 1 is 1.35 bits per heavy atom. The van der Waals surface area contributed by atoms with E-state index in [0.717, 1.165) is 38.8 Å². The lowest BCUT2D eigenvalue weighted by atomic mass is 10.2. The Kier molecular flexibility index (Phi) is 8.59. The zero-order chi connectivity index (χ0) is 17.1. The standard InChI is InChI=1S/C15H24N4O4/c1-3-5-9-18(10-6-4-2)12-14(20)17-16-11-13-7-8-15(23-13)19(21)22/h7-8,11H,3-6,9-10,12H2,1-2H3,(H,17,20)/b16-11+. The summed E-state index contributed by atoms with van der Waals surface area (Å²) in [7, 11) is 0. The predicted octanol–water partition coefficient (Wildman–Crippen LogP) is 2.54. The molecule has 0 aliphatic carbocycles. The number of carbonyl (C=O) groups excluding carboxylic acids is 1. The fraction of sp³-hybridized carbons (Fsp3) is 0.600. The van der Waals surface area contributed by atoms with Crippen molar-refractivity contribution in [1.29, 1.82) is 0 Å². The van der Waals surface area contributed by atoms with Crippen molar-refractivity contribution in [3.05, 3.63) is 28.0 Å². The van der Waals surface area contributed by atoms with E-state index in [9.17, 15) is 14.9 Å². The SMILES string of the molecule is CCCCN(CCCC)CC(=O)N/N=C/c1ccc([N+](=O)[O-])o1. The van der Waals surface area contributed by atoms with Crippen molar-refractivity contribution in [2.45, 2.75) is 39.5 Å². The van der Waals surface area contributed by atoms with E-state index in [0.29, 0.717) is 0 Å². The molecule has 0 saturated heterocycles. The first-order valence-electron chi connectivity index (χ1n) is 7.85. The Balaban J connectivity index is 2.43. The molecule has 1 aromatic heterocycles. The van der Waals surface area contributed by atoms with Gasteiger partial charge >= 0.3 is 5.88 Å². The Morgan fingerprint density at radius 2 is 2.00 bits per heavy atom. The molecule has 1 aromatic rings. The van der Waals surface area contributed by atoms with E-state index in [2.05, 4.69) is 29.3 Å². The number of unbranched alkanes of at least 4 members (excludes halogenated alkanes) is 2. The molecule has 1 N–H and O–H groups in total. The van der Waals surface area contributed by atoms with Crippen molar-refractivity contribution in [3.8, 4) is 0 Å². The van der Waals surface area contributed by atoms with Crippen LogP contribution in [-0.4, -0.2) is 41.6 Å². The highest BCUT2D eigenvalue weighted by Crippen LogP contribution is 2.13. The highest BCUT2D eigenvalue weighted by molar-refractivity contribution is 5.81. The second-order valence-electron chi connectivity index (χ2n) is 5.21. The zero-order valence-corrected chi connectivity index (χ0v) is 13.7. The van der Waals surface area contributed by atoms with Crippen LogP contribution in [0.4, 0.5) is 5.88 Å². The molecule has 23 heavy (non-hydrogen) atoms. The Hall–Kier alpha value is -2.22. The van der Waals surface area contributed by atoms with Crippen LogP contribution in [0, 0.1) is 10.1 Å². The number of nitrogens with zero attached hydrogens (tertiary/aromatic N) is 3. The second-order valence-corrected chi connectivity index (χ2v) is 5.21. The van der Waals surface area contributed by atoms with Crippen LogP contribution in [0.5, 0.6) is 0 Å². The van der Waals surface area contributed by atoms with E-state index in [1.165, 1.54) is 18.3 Å². The summed E-state index contributed by atoms with van der Waals surface area (Å²) in [6.45, 7) is 6.29. The summed E-state index contributed by atoms with van der Waals surface area (Å²) in [6, 6.07) is 2.66. The fourth-order valence-electron chi connectivity index (χ4n) is 1.95. The molecular weight excluding hydrogens is 300 g/mol. The topological polar surface area (TPSA) is 101 Å². The molecule has 0 saturated carbocycles. The molecule has 8 heteroatoms. The highest BCUT2D eigenvalue weighted by Gasteiger charge is 2.11. The summed E-state index contributed by atoms with van der Waals surface area (Å²) in [5, 5.41) is 14.2. The summed E-state index contributed by atoms with van der Waals surface area (Å²) in [6.07, 6.45) is 5.51. The maximum atomic E-state index is 11.9. The number of hydrogen-bond donors (Lipinski definition) is 1. The summed E-state index contributed by atoms with van der Waals surface area (Å²) >= 11 is 0. The van der Waals surface area contributed by atoms with Gasteiger partial charge < -0.3 is 4.42 Å². The first-order chi connectivity index (χ1) is 11.1. The molecule has 8 nitrogen and oxygen atoms in total. The molecule has 0 bridgehead atoms. The van der Waals surface area contributed by atoms with Crippen LogP contribution < -0.4 is 5.43 Å². The summed E-state index contributed by atoms with van der Waals surface area (Å²) in [5.41, 5.74) is 2.41.